The molecule has 4 aliphatic heterocycles. The molecule has 1 atom stereocenters. The van der Waals surface area contributed by atoms with E-state index >= 15 is 0 Å². The molecule has 6 rings (SSSR count). The van der Waals surface area contributed by atoms with E-state index in [2.05, 4.69) is 27.0 Å². The topological polar surface area (TPSA) is 92.6 Å². The summed E-state index contributed by atoms with van der Waals surface area (Å²) in [4.78, 5) is 19.0. The molecule has 37 heavy (non-hydrogen) atoms. The maximum absolute atomic E-state index is 13.5. The van der Waals surface area contributed by atoms with E-state index in [9.17, 15) is 4.79 Å². The van der Waals surface area contributed by atoms with E-state index in [1.54, 1.807) is 12.4 Å². The number of rotatable bonds is 3. The first-order chi connectivity index (χ1) is 18.0. The highest BCUT2D eigenvalue weighted by atomic mass is 35.5. The lowest BCUT2D eigenvalue weighted by molar-refractivity contribution is 0.0712. The van der Waals surface area contributed by atoms with Crippen LogP contribution in [0, 0.1) is 18.3 Å². The number of likely N-dealkylation sites (tertiary alicyclic amines) is 1. The standard InChI is InChI=1S/C26H26ClN5O.C3H3N/c1-16-12-22(27)21(25-30-23-6-9-29-15-24(23)31-25)13-20(16)26(33)32-10-7-19(8-11-32)18-4-2-17(14-28)3-5-18;1-2-4-3-1/h2-6,9,12-13,19,25,29-31H,7-8,10-11,15H2,1H3;1-3H. The number of aryl methyl sites for hydroxylation is 1. The Labute approximate surface area is 222 Å². The molecule has 0 radical (unpaired) electrons. The second kappa shape index (κ2) is 10.9. The van der Waals surface area contributed by atoms with E-state index in [0.29, 0.717) is 35.2 Å². The highest BCUT2D eigenvalue weighted by molar-refractivity contribution is 6.31. The first kappa shape index (κ1) is 24.7. The molecule has 4 heterocycles. The molecule has 8 heteroatoms. The van der Waals surface area contributed by atoms with E-state index in [0.717, 1.165) is 41.9 Å². The van der Waals surface area contributed by atoms with Gasteiger partial charge in [0.15, 0.2) is 0 Å². The zero-order valence-electron chi connectivity index (χ0n) is 20.7. The molecule has 3 N–H and O–H groups in total. The molecule has 7 nitrogen and oxygen atoms in total. The van der Waals surface area contributed by atoms with Crippen molar-refractivity contribution in [3.05, 3.63) is 105 Å². The van der Waals surface area contributed by atoms with Crippen molar-refractivity contribution in [3.63, 3.8) is 0 Å². The number of halogens is 1. The molecule has 1 saturated heterocycles. The van der Waals surface area contributed by atoms with Gasteiger partial charge < -0.3 is 20.9 Å². The molecule has 2 aromatic rings. The van der Waals surface area contributed by atoms with Crippen molar-refractivity contribution >= 4 is 23.7 Å². The van der Waals surface area contributed by atoms with Crippen LogP contribution in [0.5, 0.6) is 0 Å². The number of nitriles is 1. The summed E-state index contributed by atoms with van der Waals surface area (Å²) in [5, 5.41) is 19.8. The first-order valence-corrected chi connectivity index (χ1v) is 12.8. The van der Waals surface area contributed by atoms with Crippen LogP contribution in [-0.2, 0) is 0 Å². The maximum Gasteiger partial charge on any atom is 0.254 e. The van der Waals surface area contributed by atoms with Crippen LogP contribution in [0.2, 0.25) is 5.02 Å². The fraction of sp³-hybridized carbons (Fsp3) is 0.276. The molecule has 1 amide bonds. The molecule has 188 valence electrons. The normalized spacial score (nSPS) is 19.5. The molecule has 4 aliphatic rings. The van der Waals surface area contributed by atoms with Gasteiger partial charge in [-0.15, -0.1) is 0 Å². The van der Waals surface area contributed by atoms with Crippen LogP contribution < -0.4 is 16.0 Å². The number of dihydropyridines is 1. The van der Waals surface area contributed by atoms with Gasteiger partial charge in [-0.2, -0.15) is 5.26 Å². The van der Waals surface area contributed by atoms with Gasteiger partial charge in [0.2, 0.25) is 0 Å². The average Bonchev–Trinajstić information content (AvgIpc) is 3.32. The van der Waals surface area contributed by atoms with Gasteiger partial charge in [0, 0.05) is 41.7 Å². The van der Waals surface area contributed by atoms with Crippen molar-refractivity contribution in [3.8, 4) is 6.07 Å². The number of nitrogens with one attached hydrogen (secondary N) is 3. The van der Waals surface area contributed by atoms with Gasteiger partial charge >= 0.3 is 0 Å². The summed E-state index contributed by atoms with van der Waals surface area (Å²) in [5.41, 5.74) is 6.53. The molecule has 0 aromatic heterocycles. The molecule has 2 aromatic carbocycles. The molecule has 0 spiro atoms. The van der Waals surface area contributed by atoms with Crippen LogP contribution in [0.1, 0.15) is 57.5 Å². The number of carbonyl (C=O) groups is 1. The summed E-state index contributed by atoms with van der Waals surface area (Å²) in [6, 6.07) is 13.8. The maximum atomic E-state index is 13.5. The number of nitrogens with zero attached hydrogens (tertiary/aromatic N) is 3. The van der Waals surface area contributed by atoms with Gasteiger partial charge in [-0.25, -0.2) is 0 Å². The predicted molar refractivity (Wildman–Crippen MR) is 146 cm³/mol. The number of carbonyl (C=O) groups excluding carboxylic acids is 1. The quantitative estimate of drug-likeness (QED) is 0.557. The number of piperidine rings is 1. The summed E-state index contributed by atoms with van der Waals surface area (Å²) in [5.74, 6) is 0.468. The van der Waals surface area contributed by atoms with Crippen LogP contribution in [-0.4, -0.2) is 36.7 Å². The van der Waals surface area contributed by atoms with Crippen molar-refractivity contribution in [2.75, 3.05) is 19.6 Å². The third kappa shape index (κ3) is 5.40. The first-order valence-electron chi connectivity index (χ1n) is 12.5. The number of benzene rings is 2. The van der Waals surface area contributed by atoms with E-state index < -0.39 is 0 Å². The van der Waals surface area contributed by atoms with Gasteiger partial charge in [0.1, 0.15) is 6.17 Å². The largest absolute Gasteiger partial charge is 0.385 e. The predicted octanol–water partition coefficient (Wildman–Crippen LogP) is 4.64. The number of aliphatic imine (C=N–C) groups is 1. The second-order valence-corrected chi connectivity index (χ2v) is 9.86. The summed E-state index contributed by atoms with van der Waals surface area (Å²) in [6.45, 7) is 4.11. The molecular formula is C29H29ClN6O. The summed E-state index contributed by atoms with van der Waals surface area (Å²) >= 11 is 6.60. The van der Waals surface area contributed by atoms with Crippen molar-refractivity contribution in [1.29, 1.82) is 5.26 Å². The third-order valence-electron chi connectivity index (χ3n) is 7.11. The summed E-state index contributed by atoms with van der Waals surface area (Å²) in [7, 11) is 0. The Bertz CT molecular complexity index is 1330. The van der Waals surface area contributed by atoms with Crippen LogP contribution in [0.25, 0.3) is 0 Å². The number of amides is 1. The van der Waals surface area contributed by atoms with Crippen molar-refractivity contribution < 1.29 is 4.79 Å². The van der Waals surface area contributed by atoms with Gasteiger partial charge in [-0.1, -0.05) is 23.7 Å². The Balaban J connectivity index is 0.000000640. The number of allylic oxidation sites excluding steroid dienone is 2. The molecule has 0 aliphatic carbocycles. The van der Waals surface area contributed by atoms with Gasteiger partial charge in [-0.05, 0) is 79.4 Å². The lowest BCUT2D eigenvalue weighted by Gasteiger charge is -2.33. The molecule has 0 saturated carbocycles. The highest BCUT2D eigenvalue weighted by Gasteiger charge is 2.29. The number of hydrogen-bond acceptors (Lipinski definition) is 6. The van der Waals surface area contributed by atoms with Crippen LogP contribution in [0.15, 0.2) is 77.3 Å². The zero-order chi connectivity index (χ0) is 25.8. The van der Waals surface area contributed by atoms with Crippen LogP contribution in [0.3, 0.4) is 0 Å². The van der Waals surface area contributed by atoms with E-state index in [1.165, 1.54) is 5.56 Å². The second-order valence-electron chi connectivity index (χ2n) is 9.46. The Kier molecular flexibility index (Phi) is 7.29. The Hall–Kier alpha value is -4.02. The van der Waals surface area contributed by atoms with E-state index in [-0.39, 0.29) is 12.1 Å². The van der Waals surface area contributed by atoms with Crippen molar-refractivity contribution in [2.24, 2.45) is 4.99 Å². The lowest BCUT2D eigenvalue weighted by Crippen LogP contribution is -2.38. The highest BCUT2D eigenvalue weighted by Crippen LogP contribution is 2.32. The number of hydrogen-bond donors (Lipinski definition) is 3. The van der Waals surface area contributed by atoms with Gasteiger partial charge in [0.05, 0.1) is 29.6 Å². The van der Waals surface area contributed by atoms with Crippen LogP contribution in [0.4, 0.5) is 0 Å². The zero-order valence-corrected chi connectivity index (χ0v) is 21.4. The lowest BCUT2D eigenvalue weighted by atomic mass is 9.88. The molecule has 1 fully saturated rings. The minimum absolute atomic E-state index is 0.0565. The fourth-order valence-corrected chi connectivity index (χ4v) is 5.25. The average molecular weight is 513 g/mol. The summed E-state index contributed by atoms with van der Waals surface area (Å²) in [6.07, 6.45) is 11.0. The Morgan fingerprint density at radius 3 is 2.49 bits per heavy atom. The SMILES string of the molecule is C1=CN=C1.Cc1cc(Cl)c(C2NC3=C(CNC=C3)N2)cc1C(=O)N1CCC(c2ccc(C#N)cc2)CC1. The molecule has 1 unspecified atom stereocenters. The molecule has 0 bridgehead atoms. The van der Waals surface area contributed by atoms with E-state index in [1.807, 2.05) is 66.6 Å². The fourth-order valence-electron chi connectivity index (χ4n) is 4.93. The van der Waals surface area contributed by atoms with Crippen molar-refractivity contribution in [2.45, 2.75) is 31.8 Å². The van der Waals surface area contributed by atoms with E-state index in [4.69, 9.17) is 16.9 Å². The van der Waals surface area contributed by atoms with Gasteiger partial charge in [-0.3, -0.25) is 9.79 Å². The smallest absolute Gasteiger partial charge is 0.254 e. The van der Waals surface area contributed by atoms with Gasteiger partial charge in [0.25, 0.3) is 5.91 Å². The minimum Gasteiger partial charge on any atom is -0.385 e. The van der Waals surface area contributed by atoms with Crippen molar-refractivity contribution in [1.82, 2.24) is 20.9 Å². The Morgan fingerprint density at radius 2 is 1.86 bits per heavy atom. The third-order valence-corrected chi connectivity index (χ3v) is 7.44. The minimum atomic E-state index is -0.165. The monoisotopic (exact) mass is 512 g/mol. The Morgan fingerprint density at radius 1 is 1.16 bits per heavy atom. The van der Waals surface area contributed by atoms with Crippen LogP contribution >= 0.6 is 11.6 Å². The summed E-state index contributed by atoms with van der Waals surface area (Å²) < 4.78 is 0. The molecular weight excluding hydrogens is 484 g/mol.